The molecule has 0 saturated heterocycles. The summed E-state index contributed by atoms with van der Waals surface area (Å²) in [5.74, 6) is -1.63. The van der Waals surface area contributed by atoms with Gasteiger partial charge in [0, 0.05) is 37.8 Å². The molecular weight excluding hydrogens is 278 g/mol. The van der Waals surface area contributed by atoms with Gasteiger partial charge in [-0.05, 0) is 19.0 Å². The van der Waals surface area contributed by atoms with Crippen molar-refractivity contribution in [2.75, 3.05) is 6.54 Å². The van der Waals surface area contributed by atoms with Gasteiger partial charge in [-0.15, -0.1) is 0 Å². The fourth-order valence-corrected chi connectivity index (χ4v) is 1.15. The summed E-state index contributed by atoms with van der Waals surface area (Å²) < 4.78 is 0. The zero-order valence-electron chi connectivity index (χ0n) is 9.30. The normalized spacial score (nSPS) is 11.4. The van der Waals surface area contributed by atoms with Gasteiger partial charge in [-0.3, -0.25) is 4.79 Å². The van der Waals surface area contributed by atoms with Gasteiger partial charge in [0.1, 0.15) is 0 Å². The van der Waals surface area contributed by atoms with Gasteiger partial charge in [0.25, 0.3) is 5.97 Å². The molecule has 0 aromatic carbocycles. The number of H-pyrrole nitrogens is 1. The van der Waals surface area contributed by atoms with E-state index in [-0.39, 0.29) is 38.9 Å². The number of carbonyl (C=O) groups is 2. The number of nitrogens with one attached hydrogen (secondary N) is 1. The van der Waals surface area contributed by atoms with Crippen LogP contribution in [0.15, 0.2) is 12.5 Å². The van der Waals surface area contributed by atoms with Gasteiger partial charge >= 0.3 is 0 Å². The average Bonchev–Trinajstić information content (AvgIpc) is 2.69. The Morgan fingerprint density at radius 3 is 2.76 bits per heavy atom. The van der Waals surface area contributed by atoms with Gasteiger partial charge in [-0.25, -0.2) is 4.98 Å². The van der Waals surface area contributed by atoms with Gasteiger partial charge in [0.05, 0.1) is 12.2 Å². The third-order valence-electron chi connectivity index (χ3n) is 1.91. The van der Waals surface area contributed by atoms with Crippen LogP contribution in [-0.4, -0.2) is 39.5 Å². The topological polar surface area (TPSA) is 123 Å². The minimum absolute atomic E-state index is 0. The zero-order valence-corrected chi connectivity index (χ0v) is 12.3. The van der Waals surface area contributed by atoms with Crippen LogP contribution < -0.4 is 5.73 Å². The molecule has 0 fully saturated rings. The third-order valence-corrected chi connectivity index (χ3v) is 1.91. The summed E-state index contributed by atoms with van der Waals surface area (Å²) in [4.78, 5) is 28.5. The Balaban J connectivity index is 0.00000256. The van der Waals surface area contributed by atoms with Crippen molar-refractivity contribution in [1.82, 2.24) is 9.97 Å². The quantitative estimate of drug-likeness (QED) is 0.618. The van der Waals surface area contributed by atoms with Crippen LogP contribution >= 0.6 is 0 Å². The van der Waals surface area contributed by atoms with Gasteiger partial charge < -0.3 is 25.9 Å². The molecule has 0 unspecified atom stereocenters. The van der Waals surface area contributed by atoms with Crippen molar-refractivity contribution in [2.45, 2.75) is 18.9 Å². The Kier molecular flexibility index (Phi) is 7.33. The second kappa shape index (κ2) is 7.92. The Labute approximate surface area is 111 Å². The predicted octanol–water partition coefficient (Wildman–Crippen LogP) is -0.348. The smallest absolute Gasteiger partial charge is 0.289 e. The van der Waals surface area contributed by atoms with E-state index in [9.17, 15) is 9.59 Å². The number of carboxylic acids is 1. The van der Waals surface area contributed by atoms with Crippen molar-refractivity contribution >= 4 is 11.9 Å². The van der Waals surface area contributed by atoms with E-state index < -0.39 is 17.9 Å². The molecule has 1 aromatic heterocycles. The number of carbonyl (C=O) groups excluding carboxylic acids is 1. The molecule has 1 heterocycles. The van der Waals surface area contributed by atoms with Crippen LogP contribution in [0.4, 0.5) is 0 Å². The van der Waals surface area contributed by atoms with Crippen LogP contribution in [0.2, 0.25) is 0 Å². The number of nitrogens with two attached hydrogens (primary N) is 1. The van der Waals surface area contributed by atoms with E-state index in [1.54, 1.807) is 0 Å². The van der Waals surface area contributed by atoms with Crippen LogP contribution in [0.5, 0.6) is 0 Å². The molecule has 8 heteroatoms. The number of hydrogen-bond acceptors (Lipinski definition) is 4. The molecule has 17 heavy (non-hydrogen) atoms. The molecule has 0 radical (unpaired) electrons. The predicted molar refractivity (Wildman–Crippen MR) is 55.8 cm³/mol. The molecule has 0 bridgehead atoms. The molecule has 1 atom stereocenters. The van der Waals surface area contributed by atoms with Crippen LogP contribution in [0.1, 0.15) is 12.1 Å². The Hall–Kier alpha value is -1.27. The summed E-state index contributed by atoms with van der Waals surface area (Å²) >= 11 is 0. The summed E-state index contributed by atoms with van der Waals surface area (Å²) in [6, 6.07) is -1.08. The second-order valence-electron chi connectivity index (χ2n) is 3.20. The molecule has 0 aliphatic rings. The Bertz CT molecular complexity index is 355. The van der Waals surface area contributed by atoms with Crippen molar-refractivity contribution in [3.05, 3.63) is 23.5 Å². The summed E-state index contributed by atoms with van der Waals surface area (Å²) in [5, 5.41) is 12.5. The first kappa shape index (κ1) is 15.7. The maximum Gasteiger partial charge on any atom is 0.289 e. The number of imidazole rings is 1. The molecule has 4 N–H and O–H groups in total. The fourth-order valence-electron chi connectivity index (χ4n) is 1.15. The third kappa shape index (κ3) is 5.56. The first-order valence-electron chi connectivity index (χ1n) is 4.77. The number of aromatic nitrogens is 2. The number of aromatic amines is 1. The molecule has 7 nitrogen and oxygen atoms in total. The van der Waals surface area contributed by atoms with E-state index in [1.165, 1.54) is 12.5 Å². The van der Waals surface area contributed by atoms with Crippen molar-refractivity contribution < 1.29 is 34.2 Å². The minimum atomic E-state index is -1.14. The van der Waals surface area contributed by atoms with E-state index in [2.05, 4.69) is 15.3 Å². The summed E-state index contributed by atoms with van der Waals surface area (Å²) in [6.07, 6.45) is 3.12. The summed E-state index contributed by atoms with van der Waals surface area (Å²) in [5.41, 5.74) is 5.79. The van der Waals surface area contributed by atoms with Crippen LogP contribution in [-0.2, 0) is 35.5 Å². The van der Waals surface area contributed by atoms with Gasteiger partial charge in [-0.1, -0.05) is 0 Å². The molecule has 1 amide bonds. The van der Waals surface area contributed by atoms with Crippen molar-refractivity contribution in [3.63, 3.8) is 0 Å². The molecule has 0 spiro atoms. The van der Waals surface area contributed by atoms with Gasteiger partial charge in [-0.2, -0.15) is 0 Å². The van der Waals surface area contributed by atoms with E-state index in [4.69, 9.17) is 10.8 Å². The largest absolute Gasteiger partial charge is 0.641 e. The monoisotopic (exact) mass is 289 g/mol. The fraction of sp³-hybridized carbons (Fsp3) is 0.444. The maximum absolute atomic E-state index is 11.2. The first-order chi connectivity index (χ1) is 7.63. The molecule has 1 aromatic rings. The Morgan fingerprint density at radius 2 is 2.29 bits per heavy atom. The molecule has 1 rings (SSSR count). The first-order valence-corrected chi connectivity index (χ1v) is 4.77. The molecule has 0 aliphatic carbocycles. The zero-order chi connectivity index (χ0) is 12.0. The Morgan fingerprint density at radius 1 is 1.59 bits per heavy atom. The van der Waals surface area contributed by atoms with Crippen molar-refractivity contribution in [3.8, 4) is 0 Å². The minimum Gasteiger partial charge on any atom is -0.641 e. The number of hydrogen-bond donors (Lipinski definition) is 3. The van der Waals surface area contributed by atoms with Crippen LogP contribution in [0, 0.1) is 0 Å². The summed E-state index contributed by atoms with van der Waals surface area (Å²) in [6.45, 7) is 0.165. The van der Waals surface area contributed by atoms with E-state index in [1.807, 2.05) is 0 Å². The van der Waals surface area contributed by atoms with Gasteiger partial charge in [0.15, 0.2) is 0 Å². The number of carboxylic acid groups (broad SMARTS) is 1. The van der Waals surface area contributed by atoms with Crippen LogP contribution in [0.3, 0.4) is 0 Å². The summed E-state index contributed by atoms with van der Waals surface area (Å²) in [7, 11) is 0. The molecule has 0 saturated carbocycles. The van der Waals surface area contributed by atoms with Crippen molar-refractivity contribution in [2.24, 2.45) is 5.73 Å². The van der Waals surface area contributed by atoms with Crippen LogP contribution in [0.25, 0.3) is 5.32 Å². The number of amides is 1. The standard InChI is InChI=1S/C9H14N4O3.Zn/c10-2-1-8(14)13-7(9(15)16)3-6-4-11-5-12-6;/h4-5,7H,1-3,10H2,(H3,11,12,13,14,15,16);/p-1/t7-;/m0./s1. The molecule has 0 aliphatic heterocycles. The molecular formula is C9H13N4O3Zn-. The number of rotatable bonds is 6. The SMILES string of the molecule is NCCC(=O)[N-][C@@H](Cc1cnc[nH]1)C(=O)O.[Zn]. The van der Waals surface area contributed by atoms with Crippen molar-refractivity contribution in [1.29, 1.82) is 0 Å². The second-order valence-corrected chi connectivity index (χ2v) is 3.20. The number of nitrogens with zero attached hydrogens (tertiary/aromatic N) is 2. The molecule has 90 valence electrons. The maximum atomic E-state index is 11.2. The van der Waals surface area contributed by atoms with E-state index in [0.29, 0.717) is 5.69 Å². The average molecular weight is 291 g/mol. The van der Waals surface area contributed by atoms with Gasteiger partial charge in [0.2, 0.25) is 0 Å². The van der Waals surface area contributed by atoms with E-state index in [0.717, 1.165) is 0 Å². The van der Waals surface area contributed by atoms with E-state index >= 15 is 0 Å². The number of aliphatic carboxylic acids is 1.